The molecular formula is C11H19N. The van der Waals surface area contributed by atoms with Gasteiger partial charge in [-0.3, -0.25) is 0 Å². The van der Waals surface area contributed by atoms with Crippen molar-refractivity contribution in [2.45, 2.75) is 33.2 Å². The minimum absolute atomic E-state index is 0.136. The molecular weight excluding hydrogens is 146 g/mol. The molecule has 1 aliphatic rings. The van der Waals surface area contributed by atoms with Crippen molar-refractivity contribution in [2.24, 2.45) is 17.1 Å². The summed E-state index contributed by atoms with van der Waals surface area (Å²) in [4.78, 5) is 0. The van der Waals surface area contributed by atoms with Crippen LogP contribution < -0.4 is 5.73 Å². The van der Waals surface area contributed by atoms with Crippen molar-refractivity contribution < 1.29 is 0 Å². The summed E-state index contributed by atoms with van der Waals surface area (Å²) in [5.41, 5.74) is 6.28. The predicted molar refractivity (Wildman–Crippen MR) is 53.8 cm³/mol. The second-order valence-electron chi connectivity index (χ2n) is 4.83. The lowest BCUT2D eigenvalue weighted by atomic mass is 9.68. The number of hydrogen-bond acceptors (Lipinski definition) is 1. The summed E-state index contributed by atoms with van der Waals surface area (Å²) >= 11 is 0. The number of nitrogens with two attached hydrogens (primary N) is 1. The van der Waals surface area contributed by atoms with E-state index in [1.54, 1.807) is 0 Å². The molecule has 0 saturated heterocycles. The summed E-state index contributed by atoms with van der Waals surface area (Å²) in [7, 11) is 0. The monoisotopic (exact) mass is 165 g/mol. The Labute approximate surface area is 75.3 Å². The molecule has 0 aliphatic heterocycles. The van der Waals surface area contributed by atoms with E-state index < -0.39 is 0 Å². The summed E-state index contributed by atoms with van der Waals surface area (Å²) < 4.78 is 0. The summed E-state index contributed by atoms with van der Waals surface area (Å²) in [6.45, 7) is 8.69. The van der Waals surface area contributed by atoms with Gasteiger partial charge in [0.05, 0.1) is 0 Å². The Kier molecular flexibility index (Phi) is 2.17. The van der Waals surface area contributed by atoms with Crippen LogP contribution in [0.15, 0.2) is 24.3 Å². The van der Waals surface area contributed by atoms with Gasteiger partial charge in [0, 0.05) is 11.5 Å². The molecule has 1 aliphatic carbocycles. The first-order valence-electron chi connectivity index (χ1n) is 4.49. The van der Waals surface area contributed by atoms with Crippen LogP contribution in [0, 0.1) is 11.3 Å². The molecule has 0 bridgehead atoms. The van der Waals surface area contributed by atoms with E-state index in [4.69, 9.17) is 5.73 Å². The third-order valence-corrected chi connectivity index (χ3v) is 3.06. The van der Waals surface area contributed by atoms with E-state index in [9.17, 15) is 0 Å². The maximum atomic E-state index is 6.30. The molecule has 0 saturated carbocycles. The zero-order valence-corrected chi connectivity index (χ0v) is 8.46. The Bertz CT molecular complexity index is 204. The van der Waals surface area contributed by atoms with E-state index in [0.717, 1.165) is 0 Å². The second kappa shape index (κ2) is 2.74. The van der Waals surface area contributed by atoms with Gasteiger partial charge in [-0.05, 0) is 12.3 Å². The van der Waals surface area contributed by atoms with Crippen molar-refractivity contribution in [1.82, 2.24) is 0 Å². The first kappa shape index (κ1) is 9.53. The van der Waals surface area contributed by atoms with E-state index >= 15 is 0 Å². The summed E-state index contributed by atoms with van der Waals surface area (Å²) in [6.07, 6.45) is 8.49. The van der Waals surface area contributed by atoms with Crippen LogP contribution in [0.5, 0.6) is 0 Å². The molecule has 0 radical (unpaired) electrons. The van der Waals surface area contributed by atoms with Gasteiger partial charge in [-0.1, -0.05) is 45.1 Å². The topological polar surface area (TPSA) is 26.0 Å². The second-order valence-corrected chi connectivity index (χ2v) is 4.83. The maximum Gasteiger partial charge on any atom is 0.0273 e. The third kappa shape index (κ3) is 1.46. The first-order chi connectivity index (χ1) is 5.36. The van der Waals surface area contributed by atoms with Gasteiger partial charge in [0.15, 0.2) is 0 Å². The molecule has 1 unspecified atom stereocenters. The van der Waals surface area contributed by atoms with Gasteiger partial charge in [-0.2, -0.15) is 0 Å². The summed E-state index contributed by atoms with van der Waals surface area (Å²) in [6, 6.07) is 0. The third-order valence-electron chi connectivity index (χ3n) is 3.06. The van der Waals surface area contributed by atoms with E-state index in [-0.39, 0.29) is 11.0 Å². The average Bonchev–Trinajstić information content (AvgIpc) is 2.34. The Morgan fingerprint density at radius 1 is 1.00 bits per heavy atom. The molecule has 12 heavy (non-hydrogen) atoms. The molecule has 1 nitrogen and oxygen atoms in total. The molecule has 0 heterocycles. The Balaban J connectivity index is 2.85. The van der Waals surface area contributed by atoms with Crippen LogP contribution in [0.3, 0.4) is 0 Å². The molecule has 1 atom stereocenters. The highest BCUT2D eigenvalue weighted by atomic mass is 14.8. The van der Waals surface area contributed by atoms with E-state index in [1.807, 2.05) is 0 Å². The standard InChI is InChI=1S/C11H19N/c1-10(2,3)11(4,12)9-7-5-6-8-9/h5-9H,12H2,1-4H3. The van der Waals surface area contributed by atoms with Crippen molar-refractivity contribution in [2.75, 3.05) is 0 Å². The molecule has 0 fully saturated rings. The highest BCUT2D eigenvalue weighted by Crippen LogP contribution is 2.36. The van der Waals surface area contributed by atoms with Crippen LogP contribution >= 0.6 is 0 Å². The molecule has 0 spiro atoms. The zero-order chi connectivity index (χ0) is 9.41. The van der Waals surface area contributed by atoms with Crippen LogP contribution in [-0.4, -0.2) is 5.54 Å². The largest absolute Gasteiger partial charge is 0.324 e. The van der Waals surface area contributed by atoms with Gasteiger partial charge in [-0.25, -0.2) is 0 Å². The van der Waals surface area contributed by atoms with Gasteiger partial charge >= 0.3 is 0 Å². The molecule has 0 aromatic rings. The Morgan fingerprint density at radius 2 is 1.42 bits per heavy atom. The van der Waals surface area contributed by atoms with E-state index in [0.29, 0.717) is 5.92 Å². The maximum absolute atomic E-state index is 6.30. The minimum atomic E-state index is -0.156. The normalized spacial score (nSPS) is 23.1. The molecule has 0 aromatic carbocycles. The molecule has 0 aromatic heterocycles. The van der Waals surface area contributed by atoms with Crippen LogP contribution in [0.4, 0.5) is 0 Å². The molecule has 68 valence electrons. The van der Waals surface area contributed by atoms with Gasteiger partial charge in [-0.15, -0.1) is 0 Å². The van der Waals surface area contributed by atoms with Crippen molar-refractivity contribution in [3.8, 4) is 0 Å². The van der Waals surface area contributed by atoms with Gasteiger partial charge in [0.2, 0.25) is 0 Å². The summed E-state index contributed by atoms with van der Waals surface area (Å²) in [5, 5.41) is 0. The average molecular weight is 165 g/mol. The smallest absolute Gasteiger partial charge is 0.0273 e. The zero-order valence-electron chi connectivity index (χ0n) is 8.46. The lowest BCUT2D eigenvalue weighted by molar-refractivity contribution is 0.178. The molecule has 1 rings (SSSR count). The molecule has 1 heteroatoms. The number of rotatable bonds is 1. The van der Waals surface area contributed by atoms with Crippen LogP contribution in [0.1, 0.15) is 27.7 Å². The van der Waals surface area contributed by atoms with Gasteiger partial charge in [0.25, 0.3) is 0 Å². The predicted octanol–water partition coefficient (Wildman–Crippen LogP) is 2.49. The van der Waals surface area contributed by atoms with Gasteiger partial charge < -0.3 is 5.73 Å². The van der Waals surface area contributed by atoms with Crippen LogP contribution in [0.2, 0.25) is 0 Å². The first-order valence-corrected chi connectivity index (χ1v) is 4.49. The number of allylic oxidation sites excluding steroid dienone is 2. The van der Waals surface area contributed by atoms with Crippen molar-refractivity contribution in [3.63, 3.8) is 0 Å². The SMILES string of the molecule is CC(C)(C)C(C)(N)C1C=CC=C1. The lowest BCUT2D eigenvalue weighted by Gasteiger charge is -2.42. The van der Waals surface area contributed by atoms with Crippen LogP contribution in [-0.2, 0) is 0 Å². The number of hydrogen-bond donors (Lipinski definition) is 1. The molecule has 0 amide bonds. The van der Waals surface area contributed by atoms with Gasteiger partial charge in [0.1, 0.15) is 0 Å². The molecule has 2 N–H and O–H groups in total. The fourth-order valence-electron chi connectivity index (χ4n) is 1.33. The van der Waals surface area contributed by atoms with Crippen molar-refractivity contribution >= 4 is 0 Å². The van der Waals surface area contributed by atoms with Crippen LogP contribution in [0.25, 0.3) is 0 Å². The fourth-order valence-corrected chi connectivity index (χ4v) is 1.33. The summed E-state index contributed by atoms with van der Waals surface area (Å²) in [5.74, 6) is 0.387. The fraction of sp³-hybridized carbons (Fsp3) is 0.636. The van der Waals surface area contributed by atoms with E-state index in [1.165, 1.54) is 0 Å². The lowest BCUT2D eigenvalue weighted by Crippen LogP contribution is -2.53. The highest BCUT2D eigenvalue weighted by molar-refractivity contribution is 5.23. The Hall–Kier alpha value is -0.560. The van der Waals surface area contributed by atoms with Crippen molar-refractivity contribution in [3.05, 3.63) is 24.3 Å². The Morgan fingerprint density at radius 3 is 1.75 bits per heavy atom. The minimum Gasteiger partial charge on any atom is -0.324 e. The van der Waals surface area contributed by atoms with Crippen molar-refractivity contribution in [1.29, 1.82) is 0 Å². The van der Waals surface area contributed by atoms with E-state index in [2.05, 4.69) is 52.0 Å². The quantitative estimate of drug-likeness (QED) is 0.634. The highest BCUT2D eigenvalue weighted by Gasteiger charge is 2.38.